The van der Waals surface area contributed by atoms with E-state index >= 15 is 0 Å². The van der Waals surface area contributed by atoms with Crippen molar-refractivity contribution in [3.05, 3.63) is 34.9 Å². The quantitative estimate of drug-likeness (QED) is 0.526. The Kier molecular flexibility index (Phi) is 7.92. The van der Waals surface area contributed by atoms with Crippen LogP contribution in [-0.4, -0.2) is 37.0 Å². The SMILES string of the molecule is CCN(CC)CCCCNC(=O)c1cc(C(F)(F)F)cc(C(F)(F)F)c1. The second-order valence-electron chi connectivity index (χ2n) is 5.78. The van der Waals surface area contributed by atoms with Gasteiger partial charge in [0.1, 0.15) is 0 Å². The first kappa shape index (κ1) is 22.3. The molecule has 0 heterocycles. The van der Waals surface area contributed by atoms with Crippen LogP contribution in [0.2, 0.25) is 0 Å². The molecule has 0 fully saturated rings. The van der Waals surface area contributed by atoms with Gasteiger partial charge in [0.2, 0.25) is 0 Å². The van der Waals surface area contributed by atoms with E-state index in [0.29, 0.717) is 18.6 Å². The summed E-state index contributed by atoms with van der Waals surface area (Å²) in [6.45, 7) is 6.78. The minimum Gasteiger partial charge on any atom is -0.352 e. The Balaban J connectivity index is 2.76. The maximum atomic E-state index is 12.8. The number of carbonyl (C=O) groups is 1. The summed E-state index contributed by atoms with van der Waals surface area (Å²) < 4.78 is 76.7. The van der Waals surface area contributed by atoms with Gasteiger partial charge < -0.3 is 10.2 Å². The molecule has 1 aromatic carbocycles. The third-order valence-electron chi connectivity index (χ3n) is 3.93. The van der Waals surface area contributed by atoms with Crippen LogP contribution in [0.3, 0.4) is 0 Å². The van der Waals surface area contributed by atoms with Crippen LogP contribution in [0.4, 0.5) is 26.3 Å². The molecule has 3 nitrogen and oxygen atoms in total. The van der Waals surface area contributed by atoms with E-state index in [-0.39, 0.29) is 12.6 Å². The number of amides is 1. The maximum absolute atomic E-state index is 12.8. The van der Waals surface area contributed by atoms with E-state index in [2.05, 4.69) is 10.2 Å². The Bertz CT molecular complexity index is 562. The van der Waals surface area contributed by atoms with Gasteiger partial charge in [-0.3, -0.25) is 4.79 Å². The van der Waals surface area contributed by atoms with Crippen LogP contribution in [0.5, 0.6) is 0 Å². The number of unbranched alkanes of at least 4 members (excludes halogenated alkanes) is 1. The van der Waals surface area contributed by atoms with Gasteiger partial charge in [-0.15, -0.1) is 0 Å². The summed E-state index contributed by atoms with van der Waals surface area (Å²) in [7, 11) is 0. The van der Waals surface area contributed by atoms with Gasteiger partial charge in [-0.2, -0.15) is 26.3 Å². The molecule has 1 amide bonds. The van der Waals surface area contributed by atoms with Crippen molar-refractivity contribution in [1.82, 2.24) is 10.2 Å². The van der Waals surface area contributed by atoms with Gasteiger partial charge >= 0.3 is 12.4 Å². The van der Waals surface area contributed by atoms with Gasteiger partial charge in [-0.25, -0.2) is 0 Å². The Morgan fingerprint density at radius 3 is 1.85 bits per heavy atom. The lowest BCUT2D eigenvalue weighted by Gasteiger charge is -2.17. The Morgan fingerprint density at radius 1 is 0.923 bits per heavy atom. The van der Waals surface area contributed by atoms with Crippen molar-refractivity contribution in [3.63, 3.8) is 0 Å². The molecule has 26 heavy (non-hydrogen) atoms. The lowest BCUT2D eigenvalue weighted by atomic mass is 10.0. The first-order chi connectivity index (χ1) is 12.0. The van der Waals surface area contributed by atoms with Crippen LogP contribution in [0.15, 0.2) is 18.2 Å². The molecule has 0 unspecified atom stereocenters. The summed E-state index contributed by atoms with van der Waals surface area (Å²) in [5, 5.41) is 2.37. The Morgan fingerprint density at radius 2 is 1.42 bits per heavy atom. The summed E-state index contributed by atoms with van der Waals surface area (Å²) >= 11 is 0. The molecule has 9 heteroatoms. The van der Waals surface area contributed by atoms with E-state index in [1.165, 1.54) is 0 Å². The molecule has 0 bridgehead atoms. The van der Waals surface area contributed by atoms with E-state index in [1.54, 1.807) is 0 Å². The van der Waals surface area contributed by atoms with E-state index in [9.17, 15) is 31.1 Å². The predicted octanol–water partition coefficient (Wildman–Crippen LogP) is 4.58. The zero-order valence-corrected chi connectivity index (χ0v) is 14.6. The smallest absolute Gasteiger partial charge is 0.352 e. The molecule has 0 aliphatic carbocycles. The molecule has 148 valence electrons. The third-order valence-corrected chi connectivity index (χ3v) is 3.93. The molecule has 1 rings (SSSR count). The summed E-state index contributed by atoms with van der Waals surface area (Å²) in [4.78, 5) is 14.1. The number of halogens is 6. The van der Waals surface area contributed by atoms with Crippen molar-refractivity contribution in [1.29, 1.82) is 0 Å². The fraction of sp³-hybridized carbons (Fsp3) is 0.588. The van der Waals surface area contributed by atoms with E-state index in [0.717, 1.165) is 26.1 Å². The first-order valence-electron chi connectivity index (χ1n) is 8.29. The molecule has 0 saturated carbocycles. The highest BCUT2D eigenvalue weighted by Gasteiger charge is 2.37. The molecule has 0 saturated heterocycles. The highest BCUT2D eigenvalue weighted by molar-refractivity contribution is 5.94. The second kappa shape index (κ2) is 9.25. The van der Waals surface area contributed by atoms with Gasteiger partial charge in [0.15, 0.2) is 0 Å². The van der Waals surface area contributed by atoms with Crippen molar-refractivity contribution in [2.45, 2.75) is 39.0 Å². The number of hydrogen-bond acceptors (Lipinski definition) is 2. The number of rotatable bonds is 8. The van der Waals surface area contributed by atoms with Crippen molar-refractivity contribution in [2.75, 3.05) is 26.2 Å². The molecule has 1 aromatic rings. The summed E-state index contributed by atoms with van der Waals surface area (Å²) in [6.07, 6.45) is -8.61. The van der Waals surface area contributed by atoms with Crippen LogP contribution in [0.1, 0.15) is 48.2 Å². The van der Waals surface area contributed by atoms with Crippen molar-refractivity contribution in [2.24, 2.45) is 0 Å². The monoisotopic (exact) mass is 384 g/mol. The lowest BCUT2D eigenvalue weighted by Crippen LogP contribution is -2.27. The standard InChI is InChI=1S/C17H22F6N2O/c1-3-25(4-2)8-6-5-7-24-15(26)12-9-13(16(18,19)20)11-14(10-12)17(21,22)23/h9-11H,3-8H2,1-2H3,(H,24,26). The molecule has 1 N–H and O–H groups in total. The molecule has 0 aliphatic heterocycles. The molecule has 0 radical (unpaired) electrons. The zero-order valence-electron chi connectivity index (χ0n) is 14.6. The molecular weight excluding hydrogens is 362 g/mol. The average Bonchev–Trinajstić information content (AvgIpc) is 2.56. The Labute approximate surface area is 148 Å². The summed E-state index contributed by atoms with van der Waals surface area (Å²) in [5.74, 6) is -0.954. The minimum atomic E-state index is -4.97. The highest BCUT2D eigenvalue weighted by Crippen LogP contribution is 2.36. The van der Waals surface area contributed by atoms with Gasteiger partial charge in [0.25, 0.3) is 5.91 Å². The van der Waals surface area contributed by atoms with Crippen LogP contribution in [0, 0.1) is 0 Å². The third kappa shape index (κ3) is 6.86. The number of hydrogen-bond donors (Lipinski definition) is 1. The van der Waals surface area contributed by atoms with Gasteiger partial charge in [0.05, 0.1) is 11.1 Å². The fourth-order valence-corrected chi connectivity index (χ4v) is 2.39. The number of nitrogens with zero attached hydrogens (tertiary/aromatic N) is 1. The van der Waals surface area contributed by atoms with E-state index < -0.39 is 35.0 Å². The number of nitrogens with one attached hydrogen (secondary N) is 1. The van der Waals surface area contributed by atoms with E-state index in [1.807, 2.05) is 13.8 Å². The normalized spacial score (nSPS) is 12.5. The van der Waals surface area contributed by atoms with Crippen LogP contribution >= 0.6 is 0 Å². The number of carbonyl (C=O) groups excluding carboxylic acids is 1. The van der Waals surface area contributed by atoms with Crippen LogP contribution in [-0.2, 0) is 12.4 Å². The summed E-state index contributed by atoms with van der Waals surface area (Å²) in [6, 6.07) is 0.863. The van der Waals surface area contributed by atoms with Crippen LogP contribution in [0.25, 0.3) is 0 Å². The maximum Gasteiger partial charge on any atom is 0.416 e. The van der Waals surface area contributed by atoms with Crippen molar-refractivity contribution >= 4 is 5.91 Å². The highest BCUT2D eigenvalue weighted by atomic mass is 19.4. The van der Waals surface area contributed by atoms with E-state index in [4.69, 9.17) is 0 Å². The predicted molar refractivity (Wildman–Crippen MR) is 85.8 cm³/mol. The van der Waals surface area contributed by atoms with Gasteiger partial charge in [-0.1, -0.05) is 13.8 Å². The molecule has 0 atom stereocenters. The van der Waals surface area contributed by atoms with Crippen molar-refractivity contribution in [3.8, 4) is 0 Å². The molecular formula is C17H22F6N2O. The molecule has 0 aliphatic rings. The average molecular weight is 384 g/mol. The molecule has 0 spiro atoms. The topological polar surface area (TPSA) is 32.3 Å². The lowest BCUT2D eigenvalue weighted by molar-refractivity contribution is -0.143. The number of alkyl halides is 6. The molecule has 0 aromatic heterocycles. The zero-order chi connectivity index (χ0) is 20.0. The number of benzene rings is 1. The second-order valence-corrected chi connectivity index (χ2v) is 5.78. The van der Waals surface area contributed by atoms with Crippen LogP contribution < -0.4 is 5.32 Å². The van der Waals surface area contributed by atoms with Gasteiger partial charge in [-0.05, 0) is 50.7 Å². The minimum absolute atomic E-state index is 0.000856. The summed E-state index contributed by atoms with van der Waals surface area (Å²) in [5.41, 5.74) is -3.66. The largest absolute Gasteiger partial charge is 0.416 e. The van der Waals surface area contributed by atoms with Gasteiger partial charge in [0, 0.05) is 12.1 Å². The first-order valence-corrected chi connectivity index (χ1v) is 8.29. The van der Waals surface area contributed by atoms with Crippen molar-refractivity contribution < 1.29 is 31.1 Å². The Hall–Kier alpha value is -1.77. The fourth-order valence-electron chi connectivity index (χ4n) is 2.39.